The molecule has 0 heterocycles. The second-order valence-corrected chi connectivity index (χ2v) is 3.05. The van der Waals surface area contributed by atoms with E-state index < -0.39 is 36.4 Å². The van der Waals surface area contributed by atoms with Crippen molar-refractivity contribution in [2.75, 3.05) is 0 Å². The third kappa shape index (κ3) is 6.73. The number of carbonyl (C=O) groups excluding carboxylic acids is 1. The molecule has 0 aliphatic heterocycles. The molecule has 7 nitrogen and oxygen atoms in total. The minimum absolute atomic E-state index is 0. The Morgan fingerprint density at radius 3 is 1.93 bits per heavy atom. The summed E-state index contributed by atoms with van der Waals surface area (Å²) in [6.07, 6.45) is -1.95. The van der Waals surface area contributed by atoms with Crippen molar-refractivity contribution in [1.29, 1.82) is 0 Å². The molecule has 1 unspecified atom stereocenters. The molecule has 0 aromatic rings. The summed E-state index contributed by atoms with van der Waals surface area (Å²) >= 11 is 0.816. The van der Waals surface area contributed by atoms with Crippen LogP contribution in [0.2, 0.25) is 0 Å². The molecule has 0 aromatic carbocycles. The Hall–Kier alpha value is 0.643. The summed E-state index contributed by atoms with van der Waals surface area (Å²) in [5.74, 6) is -4.26. The Morgan fingerprint density at radius 1 is 1.20 bits per heavy atom. The van der Waals surface area contributed by atoms with Gasteiger partial charge in [-0.3, -0.25) is 0 Å². The molecule has 0 rings (SSSR count). The summed E-state index contributed by atoms with van der Waals surface area (Å²) in [6.45, 7) is 0. The van der Waals surface area contributed by atoms with E-state index in [9.17, 15) is 19.5 Å². The number of carboxylic acids is 2. The van der Waals surface area contributed by atoms with Crippen molar-refractivity contribution in [1.82, 2.24) is 0 Å². The number of aliphatic carboxylic acids is 2. The second-order valence-electron chi connectivity index (χ2n) is 2.53. The number of rotatable bonds is 5. The quantitative estimate of drug-likeness (QED) is 0.440. The zero-order chi connectivity index (χ0) is 11.4. The van der Waals surface area contributed by atoms with E-state index >= 15 is 0 Å². The fourth-order valence-corrected chi connectivity index (χ4v) is 0.912. The first kappa shape index (κ1) is 18.0. The number of hydrogen-bond acceptors (Lipinski definition) is 5. The third-order valence-corrected chi connectivity index (χ3v) is 1.94. The fraction of sp³-hybridized carbons (Fsp3) is 0.500. The first-order chi connectivity index (χ1) is 6.31. The van der Waals surface area contributed by atoms with E-state index in [0.29, 0.717) is 0 Å². The molecule has 0 saturated carbocycles. The van der Waals surface area contributed by atoms with Gasteiger partial charge in [0, 0.05) is 0 Å². The van der Waals surface area contributed by atoms with Crippen molar-refractivity contribution in [2.45, 2.75) is 18.4 Å². The first-order valence-corrected chi connectivity index (χ1v) is 4.33. The van der Waals surface area contributed by atoms with Crippen LogP contribution in [0.15, 0.2) is 0 Å². The van der Waals surface area contributed by atoms with E-state index in [0.717, 1.165) is 19.0 Å². The van der Waals surface area contributed by atoms with Crippen molar-refractivity contribution in [3.8, 4) is 0 Å². The van der Waals surface area contributed by atoms with Crippen LogP contribution < -0.4 is 0 Å². The second kappa shape index (κ2) is 7.84. The van der Waals surface area contributed by atoms with E-state index in [1.54, 1.807) is 0 Å². The SMILES string of the molecule is O=C(O)CC(O)(CC(=O)[O][Os])C(=O)O.[KH]. The molecule has 9 heteroatoms. The third-order valence-electron chi connectivity index (χ3n) is 1.36. The van der Waals surface area contributed by atoms with Crippen LogP contribution in [0, 0.1) is 0 Å². The van der Waals surface area contributed by atoms with Gasteiger partial charge in [-0.05, 0) is 0 Å². The molecule has 0 aliphatic carbocycles. The first-order valence-electron chi connectivity index (χ1n) is 3.30. The molecule has 0 amide bonds. The molecule has 83 valence electrons. The van der Waals surface area contributed by atoms with Gasteiger partial charge in [-0.1, -0.05) is 0 Å². The van der Waals surface area contributed by atoms with E-state index in [1.165, 1.54) is 0 Å². The number of aliphatic hydroxyl groups is 1. The van der Waals surface area contributed by atoms with E-state index in [4.69, 9.17) is 10.2 Å². The standard InChI is InChI=1S/C6H8O7.K.Os.H/c7-3(8)1-6(13,5(11)12)2-4(9)10;;;/h13H,1-2H2,(H,7,8)(H,9,10)(H,11,12);;;/q;;+1;/p-1. The molecule has 0 bridgehead atoms. The predicted octanol–water partition coefficient (Wildman–Crippen LogP) is -1.98. The predicted molar refractivity (Wildman–Crippen MR) is 42.7 cm³/mol. The molecule has 0 aliphatic rings. The molecule has 0 spiro atoms. The van der Waals surface area contributed by atoms with Gasteiger partial charge in [0.25, 0.3) is 0 Å². The number of hydrogen-bond donors (Lipinski definition) is 3. The van der Waals surface area contributed by atoms with E-state index in [-0.39, 0.29) is 51.4 Å². The van der Waals surface area contributed by atoms with Crippen LogP contribution in [0.4, 0.5) is 0 Å². The van der Waals surface area contributed by atoms with Gasteiger partial charge in [0.15, 0.2) is 0 Å². The topological polar surface area (TPSA) is 121 Å². The fourth-order valence-electron chi connectivity index (χ4n) is 0.728. The molecule has 0 radical (unpaired) electrons. The molecule has 1 atom stereocenters. The molecule has 0 aromatic heterocycles. The van der Waals surface area contributed by atoms with Gasteiger partial charge >= 0.3 is 140 Å². The van der Waals surface area contributed by atoms with Crippen LogP contribution in [0.1, 0.15) is 12.8 Å². The van der Waals surface area contributed by atoms with Crippen LogP contribution in [-0.2, 0) is 36.9 Å². The van der Waals surface area contributed by atoms with Gasteiger partial charge in [0.1, 0.15) is 0 Å². The Labute approximate surface area is 138 Å². The van der Waals surface area contributed by atoms with Crippen LogP contribution in [0.3, 0.4) is 0 Å². The normalized spacial score (nSPS) is 13.2. The maximum atomic E-state index is 10.7. The molecular weight excluding hydrogens is 413 g/mol. The molecular formula is C6H8KO7Os. The van der Waals surface area contributed by atoms with Gasteiger partial charge in [-0.25, -0.2) is 0 Å². The Kier molecular flexibility index (Phi) is 9.42. The number of carbonyl (C=O) groups is 3. The summed E-state index contributed by atoms with van der Waals surface area (Å²) < 4.78 is 4.15. The van der Waals surface area contributed by atoms with E-state index in [1.807, 2.05) is 0 Å². The summed E-state index contributed by atoms with van der Waals surface area (Å²) in [6, 6.07) is 0. The summed E-state index contributed by atoms with van der Waals surface area (Å²) in [4.78, 5) is 31.4. The van der Waals surface area contributed by atoms with Crippen molar-refractivity contribution < 1.29 is 52.2 Å². The van der Waals surface area contributed by atoms with Crippen molar-refractivity contribution in [3.63, 3.8) is 0 Å². The Balaban J connectivity index is 0. The van der Waals surface area contributed by atoms with Crippen molar-refractivity contribution in [3.05, 3.63) is 0 Å². The van der Waals surface area contributed by atoms with Gasteiger partial charge < -0.3 is 0 Å². The van der Waals surface area contributed by atoms with Crippen molar-refractivity contribution in [2.24, 2.45) is 0 Å². The van der Waals surface area contributed by atoms with Gasteiger partial charge in [-0.15, -0.1) is 0 Å². The monoisotopic (exact) mass is 423 g/mol. The number of carboxylic acid groups (broad SMARTS) is 2. The zero-order valence-corrected chi connectivity index (χ0v) is 9.28. The molecule has 0 fully saturated rings. The average Bonchev–Trinajstić information content (AvgIpc) is 2.02. The summed E-state index contributed by atoms with van der Waals surface area (Å²) in [7, 11) is 0. The molecule has 0 saturated heterocycles. The summed E-state index contributed by atoms with van der Waals surface area (Å²) in [5.41, 5.74) is -2.61. The molecule has 3 N–H and O–H groups in total. The van der Waals surface area contributed by atoms with Crippen LogP contribution in [0.25, 0.3) is 0 Å². The Bertz CT molecular complexity index is 268. The maximum absolute atomic E-state index is 10.7. The Morgan fingerprint density at radius 2 is 1.67 bits per heavy atom. The molecule has 15 heavy (non-hydrogen) atoms. The van der Waals surface area contributed by atoms with Gasteiger partial charge in [0.05, 0.1) is 0 Å². The van der Waals surface area contributed by atoms with Crippen LogP contribution >= 0.6 is 0 Å². The van der Waals surface area contributed by atoms with Gasteiger partial charge in [-0.2, -0.15) is 0 Å². The van der Waals surface area contributed by atoms with Gasteiger partial charge in [0.2, 0.25) is 0 Å². The zero-order valence-electron chi connectivity index (χ0n) is 6.74. The minimum atomic E-state index is -2.61. The average molecular weight is 421 g/mol. The van der Waals surface area contributed by atoms with Crippen LogP contribution in [0.5, 0.6) is 0 Å². The van der Waals surface area contributed by atoms with E-state index in [2.05, 4.69) is 3.53 Å². The van der Waals surface area contributed by atoms with Crippen molar-refractivity contribution >= 4 is 69.3 Å². The summed E-state index contributed by atoms with van der Waals surface area (Å²) in [5, 5.41) is 26.1. The van der Waals surface area contributed by atoms with Crippen LogP contribution in [-0.4, -0.2) is 90.2 Å².